The van der Waals surface area contributed by atoms with Gasteiger partial charge in [0.15, 0.2) is 0 Å². The Labute approximate surface area is 129 Å². The van der Waals surface area contributed by atoms with Crippen LogP contribution in [-0.4, -0.2) is 24.0 Å². The van der Waals surface area contributed by atoms with Crippen LogP contribution in [0.1, 0.15) is 43.4 Å². The van der Waals surface area contributed by atoms with Crippen molar-refractivity contribution in [2.75, 3.05) is 13.1 Å². The zero-order valence-corrected chi connectivity index (χ0v) is 13.4. The highest BCUT2D eigenvalue weighted by atomic mass is 35.5. The maximum absolute atomic E-state index is 6.32. The van der Waals surface area contributed by atoms with Crippen LogP contribution in [0, 0.1) is 18.8 Å². The average Bonchev–Trinajstić information content (AvgIpc) is 2.83. The number of nitrogens with zero attached hydrogens (tertiary/aromatic N) is 1. The number of halogens is 1. The Balaban J connectivity index is 0.00000147. The number of fused-ring (bicyclic) bond motifs is 1. The van der Waals surface area contributed by atoms with Gasteiger partial charge < -0.3 is 5.73 Å². The van der Waals surface area contributed by atoms with Crippen molar-refractivity contribution in [3.63, 3.8) is 0 Å². The van der Waals surface area contributed by atoms with Crippen molar-refractivity contribution in [3.8, 4) is 0 Å². The summed E-state index contributed by atoms with van der Waals surface area (Å²) in [5.74, 6) is 1.58. The van der Waals surface area contributed by atoms with Crippen LogP contribution in [-0.2, 0) is 0 Å². The monoisotopic (exact) mass is 294 g/mol. The molecule has 1 aromatic rings. The van der Waals surface area contributed by atoms with Crippen molar-refractivity contribution in [1.29, 1.82) is 0 Å². The Morgan fingerprint density at radius 2 is 2.05 bits per heavy atom. The van der Waals surface area contributed by atoms with Crippen molar-refractivity contribution in [1.82, 2.24) is 4.90 Å². The second kappa shape index (κ2) is 6.46. The van der Waals surface area contributed by atoms with E-state index in [0.29, 0.717) is 12.1 Å². The fourth-order valence-electron chi connectivity index (χ4n) is 4.01. The Morgan fingerprint density at radius 1 is 1.25 bits per heavy atom. The first-order valence-electron chi connectivity index (χ1n) is 7.71. The molecule has 0 aromatic heterocycles. The number of benzene rings is 1. The molecule has 3 heteroatoms. The number of hydrogen-bond acceptors (Lipinski definition) is 2. The molecule has 1 saturated heterocycles. The molecular weight excluding hydrogens is 268 g/mol. The lowest BCUT2D eigenvalue weighted by Crippen LogP contribution is -2.38. The molecular formula is C17H27ClN2. The lowest BCUT2D eigenvalue weighted by atomic mass is 9.78. The number of nitrogens with two attached hydrogens (primary N) is 1. The molecule has 20 heavy (non-hydrogen) atoms. The molecule has 0 amide bonds. The molecule has 3 rings (SSSR count). The SMILES string of the molecule is Cc1cccc(C(C)N2CC3CCCC(N)C3C2)c1.Cl. The van der Waals surface area contributed by atoms with Gasteiger partial charge in [-0.2, -0.15) is 0 Å². The fraction of sp³-hybridized carbons (Fsp3) is 0.647. The number of rotatable bonds is 2. The van der Waals surface area contributed by atoms with Gasteiger partial charge in [0.2, 0.25) is 0 Å². The first-order chi connectivity index (χ1) is 9.15. The number of likely N-dealkylation sites (tertiary alicyclic amines) is 1. The van der Waals surface area contributed by atoms with E-state index >= 15 is 0 Å². The topological polar surface area (TPSA) is 29.3 Å². The molecule has 112 valence electrons. The molecule has 1 aromatic carbocycles. The number of hydrogen-bond donors (Lipinski definition) is 1. The number of aryl methyl sites for hydroxylation is 1. The lowest BCUT2D eigenvalue weighted by molar-refractivity contribution is 0.245. The fourth-order valence-corrected chi connectivity index (χ4v) is 4.01. The lowest BCUT2D eigenvalue weighted by Gasteiger charge is -2.30. The summed E-state index contributed by atoms with van der Waals surface area (Å²) in [5, 5.41) is 0. The van der Waals surface area contributed by atoms with Crippen LogP contribution in [0.3, 0.4) is 0 Å². The van der Waals surface area contributed by atoms with E-state index in [-0.39, 0.29) is 12.4 Å². The van der Waals surface area contributed by atoms with Crippen molar-refractivity contribution in [3.05, 3.63) is 35.4 Å². The zero-order chi connectivity index (χ0) is 13.4. The smallest absolute Gasteiger partial charge is 0.0320 e. The van der Waals surface area contributed by atoms with Gasteiger partial charge in [-0.1, -0.05) is 36.2 Å². The summed E-state index contributed by atoms with van der Waals surface area (Å²) < 4.78 is 0. The van der Waals surface area contributed by atoms with Crippen molar-refractivity contribution in [2.24, 2.45) is 17.6 Å². The van der Waals surface area contributed by atoms with Crippen LogP contribution in [0.5, 0.6) is 0 Å². The van der Waals surface area contributed by atoms with Crippen molar-refractivity contribution < 1.29 is 0 Å². The predicted molar refractivity (Wildman–Crippen MR) is 87.2 cm³/mol. The normalized spacial score (nSPS) is 31.4. The van der Waals surface area contributed by atoms with Crippen molar-refractivity contribution >= 4 is 12.4 Å². The van der Waals surface area contributed by atoms with Crippen LogP contribution in [0.25, 0.3) is 0 Å². The Hall–Kier alpha value is -0.570. The Morgan fingerprint density at radius 3 is 2.75 bits per heavy atom. The van der Waals surface area contributed by atoms with Crippen LogP contribution in [0.4, 0.5) is 0 Å². The van der Waals surface area contributed by atoms with Crippen LogP contribution < -0.4 is 5.73 Å². The molecule has 2 aliphatic rings. The Kier molecular flexibility index (Phi) is 5.11. The third-order valence-electron chi connectivity index (χ3n) is 5.25. The highest BCUT2D eigenvalue weighted by Gasteiger charge is 2.40. The van der Waals surface area contributed by atoms with Crippen LogP contribution >= 0.6 is 12.4 Å². The average molecular weight is 295 g/mol. The molecule has 0 bridgehead atoms. The first-order valence-corrected chi connectivity index (χ1v) is 7.71. The van der Waals surface area contributed by atoms with Crippen LogP contribution in [0.15, 0.2) is 24.3 Å². The van der Waals surface area contributed by atoms with E-state index < -0.39 is 0 Å². The van der Waals surface area contributed by atoms with Gasteiger partial charge in [-0.3, -0.25) is 4.90 Å². The summed E-state index contributed by atoms with van der Waals surface area (Å²) in [7, 11) is 0. The van der Waals surface area contributed by atoms with Crippen molar-refractivity contribution in [2.45, 2.75) is 45.2 Å². The van der Waals surface area contributed by atoms with E-state index in [1.54, 1.807) is 0 Å². The van der Waals surface area contributed by atoms with Crippen LogP contribution in [0.2, 0.25) is 0 Å². The van der Waals surface area contributed by atoms with E-state index in [1.807, 2.05) is 0 Å². The quantitative estimate of drug-likeness (QED) is 0.904. The molecule has 2 nitrogen and oxygen atoms in total. The standard InChI is InChI=1S/C17H26N2.ClH/c1-12-5-3-6-14(9-12)13(2)19-10-15-7-4-8-17(18)16(15)11-19;/h3,5-6,9,13,15-17H,4,7-8,10-11,18H2,1-2H3;1H. The van der Waals surface area contributed by atoms with E-state index in [2.05, 4.69) is 43.0 Å². The van der Waals surface area contributed by atoms with E-state index in [4.69, 9.17) is 5.73 Å². The summed E-state index contributed by atoms with van der Waals surface area (Å²) in [5.41, 5.74) is 9.13. The maximum Gasteiger partial charge on any atom is 0.0320 e. The molecule has 4 atom stereocenters. The molecule has 2 N–H and O–H groups in total. The summed E-state index contributed by atoms with van der Waals surface area (Å²) in [6.45, 7) is 6.96. The highest BCUT2D eigenvalue weighted by Crippen LogP contribution is 2.38. The maximum atomic E-state index is 6.32. The second-order valence-electron chi connectivity index (χ2n) is 6.56. The first kappa shape index (κ1) is 15.8. The van der Waals surface area contributed by atoms with Gasteiger partial charge in [-0.25, -0.2) is 0 Å². The minimum atomic E-state index is 0. The van der Waals surface area contributed by atoms with E-state index in [1.165, 1.54) is 43.5 Å². The highest BCUT2D eigenvalue weighted by molar-refractivity contribution is 5.85. The van der Waals surface area contributed by atoms with Gasteiger partial charge in [-0.15, -0.1) is 12.4 Å². The predicted octanol–water partition coefficient (Wildman–Crippen LogP) is 3.54. The summed E-state index contributed by atoms with van der Waals surface area (Å²) in [4.78, 5) is 2.65. The second-order valence-corrected chi connectivity index (χ2v) is 6.56. The molecule has 1 saturated carbocycles. The summed E-state index contributed by atoms with van der Waals surface area (Å²) in [6, 6.07) is 9.91. The molecule has 1 heterocycles. The minimum absolute atomic E-state index is 0. The third-order valence-corrected chi connectivity index (χ3v) is 5.25. The van der Waals surface area contributed by atoms with E-state index in [0.717, 1.165) is 11.8 Å². The molecule has 1 aliphatic heterocycles. The summed E-state index contributed by atoms with van der Waals surface area (Å²) >= 11 is 0. The van der Waals surface area contributed by atoms with Gasteiger partial charge in [0.1, 0.15) is 0 Å². The molecule has 0 radical (unpaired) electrons. The minimum Gasteiger partial charge on any atom is -0.327 e. The molecule has 0 spiro atoms. The van der Waals surface area contributed by atoms with Gasteiger partial charge in [0, 0.05) is 25.2 Å². The van der Waals surface area contributed by atoms with Gasteiger partial charge in [0.25, 0.3) is 0 Å². The Bertz CT molecular complexity index is 448. The third kappa shape index (κ3) is 3.03. The van der Waals surface area contributed by atoms with Gasteiger partial charge >= 0.3 is 0 Å². The largest absolute Gasteiger partial charge is 0.327 e. The summed E-state index contributed by atoms with van der Waals surface area (Å²) in [6.07, 6.45) is 3.94. The molecule has 1 aliphatic carbocycles. The zero-order valence-electron chi connectivity index (χ0n) is 12.6. The van der Waals surface area contributed by atoms with E-state index in [9.17, 15) is 0 Å². The molecule has 2 fully saturated rings. The van der Waals surface area contributed by atoms with Gasteiger partial charge in [0.05, 0.1) is 0 Å². The van der Waals surface area contributed by atoms with Gasteiger partial charge in [-0.05, 0) is 44.1 Å². The molecule has 4 unspecified atom stereocenters.